The summed E-state index contributed by atoms with van der Waals surface area (Å²) in [5.74, 6) is 0.755. The molecule has 0 atom stereocenters. The van der Waals surface area contributed by atoms with E-state index < -0.39 is 0 Å². The highest BCUT2D eigenvalue weighted by Gasteiger charge is 2.04. The minimum atomic E-state index is 0.720. The summed E-state index contributed by atoms with van der Waals surface area (Å²) in [6.07, 6.45) is 0. The van der Waals surface area contributed by atoms with E-state index in [0.29, 0.717) is 0 Å². The third kappa shape index (κ3) is 1.90. The Hall–Kier alpha value is -0.160. The minimum Gasteiger partial charge on any atom is -0.371 e. The quantitative estimate of drug-likeness (QED) is 0.858. The van der Waals surface area contributed by atoms with Crippen LogP contribution in [0.25, 0.3) is 0 Å². The fraction of sp³-hybridized carbons (Fsp3) is 0.333. The number of anilines is 1. The molecule has 60 valence electrons. The second-order valence-corrected chi connectivity index (χ2v) is 3.49. The van der Waals surface area contributed by atoms with Crippen LogP contribution in [0.4, 0.5) is 5.82 Å². The van der Waals surface area contributed by atoms with Gasteiger partial charge in [-0.15, -0.1) is 0 Å². The molecule has 0 aliphatic rings. The Morgan fingerprint density at radius 1 is 1.18 bits per heavy atom. The number of halogens is 2. The van der Waals surface area contributed by atoms with Crippen molar-refractivity contribution in [3.05, 3.63) is 14.9 Å². The molecule has 0 aliphatic carbocycles. The normalized spacial score (nSPS) is 9.82. The number of nitrogens with one attached hydrogen (secondary N) is 1. The van der Waals surface area contributed by atoms with Crippen molar-refractivity contribution in [2.45, 2.75) is 6.92 Å². The molecule has 0 radical (unpaired) electrons. The first-order chi connectivity index (χ1) is 5.15. The predicted molar refractivity (Wildman–Crippen MR) is 51.7 cm³/mol. The summed E-state index contributed by atoms with van der Waals surface area (Å²) in [6, 6.07) is 0. The number of rotatable bonds is 1. The van der Waals surface area contributed by atoms with Crippen LogP contribution in [0.1, 0.15) is 5.69 Å². The number of hydrogen-bond acceptors (Lipinski definition) is 3. The van der Waals surface area contributed by atoms with Gasteiger partial charge in [0.05, 0.1) is 5.69 Å². The predicted octanol–water partition coefficient (Wildman–Crippen LogP) is 2.35. The maximum atomic E-state index is 4.22. The summed E-state index contributed by atoms with van der Waals surface area (Å²) in [4.78, 5) is 8.38. The number of hydrogen-bond donors (Lipinski definition) is 1. The van der Waals surface area contributed by atoms with Crippen LogP contribution < -0.4 is 5.32 Å². The van der Waals surface area contributed by atoms with Crippen molar-refractivity contribution in [3.8, 4) is 0 Å². The van der Waals surface area contributed by atoms with Crippen molar-refractivity contribution in [2.75, 3.05) is 12.4 Å². The summed E-state index contributed by atoms with van der Waals surface area (Å²) in [7, 11) is 1.81. The molecule has 0 fully saturated rings. The van der Waals surface area contributed by atoms with Gasteiger partial charge in [0.2, 0.25) is 0 Å². The topological polar surface area (TPSA) is 37.8 Å². The Bertz CT molecular complexity index is 275. The highest BCUT2D eigenvalue weighted by molar-refractivity contribution is 9.11. The van der Waals surface area contributed by atoms with Gasteiger partial charge in [-0.25, -0.2) is 9.97 Å². The van der Waals surface area contributed by atoms with E-state index >= 15 is 0 Å². The zero-order valence-corrected chi connectivity index (χ0v) is 9.32. The first-order valence-electron chi connectivity index (χ1n) is 3.02. The van der Waals surface area contributed by atoms with Gasteiger partial charge in [0.25, 0.3) is 0 Å². The lowest BCUT2D eigenvalue weighted by Crippen LogP contribution is -1.98. The van der Waals surface area contributed by atoms with Gasteiger partial charge in [0.1, 0.15) is 9.21 Å². The monoisotopic (exact) mass is 279 g/mol. The molecule has 1 aromatic rings. The molecule has 0 bridgehead atoms. The fourth-order valence-corrected chi connectivity index (χ4v) is 1.61. The maximum absolute atomic E-state index is 4.22. The van der Waals surface area contributed by atoms with Crippen molar-refractivity contribution in [1.82, 2.24) is 9.97 Å². The van der Waals surface area contributed by atoms with Gasteiger partial charge in [-0.1, -0.05) is 0 Å². The lowest BCUT2D eigenvalue weighted by atomic mass is 10.5. The first kappa shape index (κ1) is 8.93. The first-order valence-corrected chi connectivity index (χ1v) is 4.61. The number of nitrogens with zero attached hydrogens (tertiary/aromatic N) is 2. The number of aryl methyl sites for hydroxylation is 1. The molecule has 0 saturated carbocycles. The van der Waals surface area contributed by atoms with Crippen LogP contribution in [-0.2, 0) is 0 Å². The zero-order chi connectivity index (χ0) is 8.43. The van der Waals surface area contributed by atoms with E-state index in [-0.39, 0.29) is 0 Å². The summed E-state index contributed by atoms with van der Waals surface area (Å²) >= 11 is 6.55. The molecule has 0 aromatic carbocycles. The molecule has 5 heteroatoms. The average Bonchev–Trinajstić information content (AvgIpc) is 1.97. The maximum Gasteiger partial charge on any atom is 0.159 e. The van der Waals surface area contributed by atoms with Crippen LogP contribution in [0, 0.1) is 6.92 Å². The van der Waals surface area contributed by atoms with Crippen molar-refractivity contribution in [2.24, 2.45) is 0 Å². The average molecular weight is 281 g/mol. The Labute approximate surface area is 81.9 Å². The van der Waals surface area contributed by atoms with Gasteiger partial charge in [-0.05, 0) is 38.8 Å². The molecule has 0 amide bonds. The van der Waals surface area contributed by atoms with Crippen molar-refractivity contribution >= 4 is 37.7 Å². The van der Waals surface area contributed by atoms with Gasteiger partial charge in [-0.3, -0.25) is 0 Å². The Morgan fingerprint density at radius 3 is 2.36 bits per heavy atom. The van der Waals surface area contributed by atoms with Crippen molar-refractivity contribution < 1.29 is 0 Å². The van der Waals surface area contributed by atoms with E-state index in [0.717, 1.165) is 20.7 Å². The third-order valence-corrected chi connectivity index (χ3v) is 2.51. The SMILES string of the molecule is CNc1nc(C)c(Br)nc1Br. The van der Waals surface area contributed by atoms with Crippen LogP contribution >= 0.6 is 31.9 Å². The lowest BCUT2D eigenvalue weighted by molar-refractivity contribution is 1.06. The molecule has 0 aliphatic heterocycles. The molecule has 1 heterocycles. The van der Waals surface area contributed by atoms with E-state index in [1.165, 1.54) is 0 Å². The molecule has 3 nitrogen and oxygen atoms in total. The Kier molecular flexibility index (Phi) is 2.84. The van der Waals surface area contributed by atoms with Gasteiger partial charge in [0, 0.05) is 7.05 Å². The highest BCUT2D eigenvalue weighted by Crippen LogP contribution is 2.21. The van der Waals surface area contributed by atoms with E-state index in [1.807, 2.05) is 14.0 Å². The van der Waals surface area contributed by atoms with Crippen LogP contribution in [-0.4, -0.2) is 17.0 Å². The second-order valence-electron chi connectivity index (χ2n) is 1.99. The second kappa shape index (κ2) is 3.49. The van der Waals surface area contributed by atoms with Crippen LogP contribution in [0.3, 0.4) is 0 Å². The molecule has 0 spiro atoms. The van der Waals surface area contributed by atoms with E-state index in [2.05, 4.69) is 47.1 Å². The largest absolute Gasteiger partial charge is 0.371 e. The van der Waals surface area contributed by atoms with E-state index in [4.69, 9.17) is 0 Å². The van der Waals surface area contributed by atoms with Crippen LogP contribution in [0.15, 0.2) is 9.21 Å². The molecule has 0 unspecified atom stereocenters. The lowest BCUT2D eigenvalue weighted by Gasteiger charge is -2.03. The third-order valence-electron chi connectivity index (χ3n) is 1.21. The van der Waals surface area contributed by atoms with Crippen LogP contribution in [0.2, 0.25) is 0 Å². The van der Waals surface area contributed by atoms with Gasteiger partial charge in [-0.2, -0.15) is 0 Å². The van der Waals surface area contributed by atoms with E-state index in [1.54, 1.807) is 0 Å². The highest BCUT2D eigenvalue weighted by atomic mass is 79.9. The smallest absolute Gasteiger partial charge is 0.159 e. The van der Waals surface area contributed by atoms with Gasteiger partial charge < -0.3 is 5.32 Å². The van der Waals surface area contributed by atoms with Crippen LogP contribution in [0.5, 0.6) is 0 Å². The molecule has 1 rings (SSSR count). The molecule has 1 aromatic heterocycles. The molecular weight excluding hydrogens is 274 g/mol. The number of aromatic nitrogens is 2. The van der Waals surface area contributed by atoms with Crippen molar-refractivity contribution in [3.63, 3.8) is 0 Å². The standard InChI is InChI=1S/C6H7Br2N3/c1-3-4(7)11-5(8)6(9-2)10-3/h1-2H3,(H,9,10). The molecule has 0 saturated heterocycles. The summed E-state index contributed by atoms with van der Waals surface area (Å²) in [5, 5.41) is 2.92. The van der Waals surface area contributed by atoms with E-state index in [9.17, 15) is 0 Å². The van der Waals surface area contributed by atoms with Gasteiger partial charge >= 0.3 is 0 Å². The van der Waals surface area contributed by atoms with Crippen molar-refractivity contribution in [1.29, 1.82) is 0 Å². The summed E-state index contributed by atoms with van der Waals surface area (Å²) in [6.45, 7) is 1.89. The molecule has 1 N–H and O–H groups in total. The summed E-state index contributed by atoms with van der Waals surface area (Å²) < 4.78 is 1.49. The minimum absolute atomic E-state index is 0.720. The molecular formula is C6H7Br2N3. The Morgan fingerprint density at radius 2 is 1.82 bits per heavy atom. The summed E-state index contributed by atoms with van der Waals surface area (Å²) in [5.41, 5.74) is 0.873. The fourth-order valence-electron chi connectivity index (χ4n) is 0.639. The molecule has 11 heavy (non-hydrogen) atoms. The zero-order valence-electron chi connectivity index (χ0n) is 6.15. The van der Waals surface area contributed by atoms with Gasteiger partial charge in [0.15, 0.2) is 5.82 Å². The Balaban J connectivity index is 3.21.